The van der Waals surface area contributed by atoms with E-state index in [1.54, 1.807) is 7.11 Å². The van der Waals surface area contributed by atoms with Crippen LogP contribution < -0.4 is 19.7 Å². The van der Waals surface area contributed by atoms with Crippen molar-refractivity contribution in [3.8, 4) is 11.5 Å². The standard InChI is InChI=1S/C28H28N2O4/c1-32-22-13-11-21(12-14-22)30-17-15-20(16-18-30)29-28(31)27-25(19-33-23-7-3-2-4-8-23)24-9-5-6-10-26(24)34-27/h2-14,20H,15-19H2,1H3,(H,29,31). The molecule has 4 aromatic rings. The first-order chi connectivity index (χ1) is 16.7. The molecule has 1 aliphatic heterocycles. The van der Waals surface area contributed by atoms with Crippen LogP contribution in [-0.4, -0.2) is 32.1 Å². The number of hydrogen-bond acceptors (Lipinski definition) is 5. The van der Waals surface area contributed by atoms with Crippen molar-refractivity contribution in [3.05, 3.63) is 90.2 Å². The summed E-state index contributed by atoms with van der Waals surface area (Å²) in [5, 5.41) is 4.09. The summed E-state index contributed by atoms with van der Waals surface area (Å²) in [5.41, 5.74) is 2.63. The number of fused-ring (bicyclic) bond motifs is 1. The van der Waals surface area contributed by atoms with Crippen molar-refractivity contribution in [2.75, 3.05) is 25.1 Å². The van der Waals surface area contributed by atoms with Gasteiger partial charge in [0.1, 0.15) is 23.7 Å². The fourth-order valence-electron chi connectivity index (χ4n) is 4.42. The first-order valence-corrected chi connectivity index (χ1v) is 11.6. The van der Waals surface area contributed by atoms with E-state index < -0.39 is 0 Å². The van der Waals surface area contributed by atoms with Gasteiger partial charge >= 0.3 is 0 Å². The Labute approximate surface area is 199 Å². The quantitative estimate of drug-likeness (QED) is 0.402. The third-order valence-electron chi connectivity index (χ3n) is 6.30. The number of para-hydroxylation sites is 2. The summed E-state index contributed by atoms with van der Waals surface area (Å²) in [6.07, 6.45) is 1.74. The molecule has 0 bridgehead atoms. The molecule has 6 heteroatoms. The molecule has 1 aromatic heterocycles. The van der Waals surface area contributed by atoms with Gasteiger partial charge in [0.2, 0.25) is 0 Å². The largest absolute Gasteiger partial charge is 0.497 e. The molecule has 0 unspecified atom stereocenters. The predicted octanol–water partition coefficient (Wildman–Crippen LogP) is 5.42. The Bertz CT molecular complexity index is 1240. The van der Waals surface area contributed by atoms with Gasteiger partial charge in [-0.05, 0) is 55.3 Å². The average molecular weight is 457 g/mol. The van der Waals surface area contributed by atoms with Crippen molar-refractivity contribution in [1.82, 2.24) is 5.32 Å². The van der Waals surface area contributed by atoms with Gasteiger partial charge in [0.15, 0.2) is 5.76 Å². The van der Waals surface area contributed by atoms with Gasteiger partial charge in [0.05, 0.1) is 7.11 Å². The Morgan fingerprint density at radius 2 is 1.65 bits per heavy atom. The number of nitrogens with one attached hydrogen (secondary N) is 1. The fraction of sp³-hybridized carbons (Fsp3) is 0.250. The Morgan fingerprint density at radius 3 is 2.38 bits per heavy atom. The van der Waals surface area contributed by atoms with E-state index in [-0.39, 0.29) is 18.6 Å². The highest BCUT2D eigenvalue weighted by atomic mass is 16.5. The molecular formula is C28H28N2O4. The van der Waals surface area contributed by atoms with Crippen molar-refractivity contribution < 1.29 is 18.7 Å². The molecule has 1 fully saturated rings. The van der Waals surface area contributed by atoms with Crippen LogP contribution in [0.25, 0.3) is 11.0 Å². The van der Waals surface area contributed by atoms with Gasteiger partial charge in [-0.15, -0.1) is 0 Å². The second-order valence-electron chi connectivity index (χ2n) is 8.44. The van der Waals surface area contributed by atoms with Crippen molar-refractivity contribution in [1.29, 1.82) is 0 Å². The fourth-order valence-corrected chi connectivity index (χ4v) is 4.42. The molecule has 6 nitrogen and oxygen atoms in total. The molecule has 1 saturated heterocycles. The second-order valence-corrected chi connectivity index (χ2v) is 8.44. The van der Waals surface area contributed by atoms with Crippen molar-refractivity contribution in [2.24, 2.45) is 0 Å². The average Bonchev–Trinajstić information content (AvgIpc) is 3.27. The first kappa shape index (κ1) is 21.9. The molecule has 1 amide bonds. The minimum Gasteiger partial charge on any atom is -0.497 e. The molecular weight excluding hydrogens is 428 g/mol. The molecule has 34 heavy (non-hydrogen) atoms. The van der Waals surface area contributed by atoms with Crippen molar-refractivity contribution in [3.63, 3.8) is 0 Å². The van der Waals surface area contributed by atoms with Crippen LogP contribution in [0.1, 0.15) is 29.0 Å². The lowest BCUT2D eigenvalue weighted by molar-refractivity contribution is 0.0901. The van der Waals surface area contributed by atoms with Crippen LogP contribution in [0.15, 0.2) is 83.3 Å². The number of carbonyl (C=O) groups is 1. The van der Waals surface area contributed by atoms with Crippen LogP contribution in [0.5, 0.6) is 11.5 Å². The van der Waals surface area contributed by atoms with Gasteiger partial charge in [-0.25, -0.2) is 0 Å². The molecule has 0 radical (unpaired) electrons. The second kappa shape index (κ2) is 9.91. The lowest BCUT2D eigenvalue weighted by atomic mass is 10.0. The molecule has 3 aromatic carbocycles. The van der Waals surface area contributed by atoms with Crippen LogP contribution in [0.3, 0.4) is 0 Å². The van der Waals surface area contributed by atoms with E-state index in [0.717, 1.165) is 48.4 Å². The number of methoxy groups -OCH3 is 1. The Kier molecular flexibility index (Phi) is 6.38. The summed E-state index contributed by atoms with van der Waals surface area (Å²) in [6.45, 7) is 2.02. The number of furan rings is 1. The number of piperidine rings is 1. The molecule has 1 aliphatic rings. The zero-order valence-corrected chi connectivity index (χ0v) is 19.2. The number of nitrogens with zero attached hydrogens (tertiary/aromatic N) is 1. The number of ether oxygens (including phenoxy) is 2. The molecule has 174 valence electrons. The monoisotopic (exact) mass is 456 g/mol. The van der Waals surface area contributed by atoms with Gasteiger partial charge in [0, 0.05) is 35.8 Å². The number of amides is 1. The Balaban J connectivity index is 1.26. The summed E-state index contributed by atoms with van der Waals surface area (Å²) in [4.78, 5) is 15.6. The Hall–Kier alpha value is -3.93. The van der Waals surface area contributed by atoms with Crippen LogP contribution in [0.4, 0.5) is 5.69 Å². The summed E-state index contributed by atoms with van der Waals surface area (Å²) in [6, 6.07) is 25.5. The minimum absolute atomic E-state index is 0.0955. The maximum absolute atomic E-state index is 13.2. The smallest absolute Gasteiger partial charge is 0.287 e. The third-order valence-corrected chi connectivity index (χ3v) is 6.30. The van der Waals surface area contributed by atoms with Crippen LogP contribution >= 0.6 is 0 Å². The highest BCUT2D eigenvalue weighted by Gasteiger charge is 2.26. The highest BCUT2D eigenvalue weighted by Crippen LogP contribution is 2.28. The van der Waals surface area contributed by atoms with E-state index in [1.165, 1.54) is 5.69 Å². The first-order valence-electron chi connectivity index (χ1n) is 11.6. The molecule has 0 aliphatic carbocycles. The lowest BCUT2D eigenvalue weighted by Crippen LogP contribution is -2.44. The molecule has 5 rings (SSSR count). The summed E-state index contributed by atoms with van der Waals surface area (Å²) in [7, 11) is 1.67. The molecule has 2 heterocycles. The van der Waals surface area contributed by atoms with Crippen LogP contribution in [0.2, 0.25) is 0 Å². The minimum atomic E-state index is -0.189. The van der Waals surface area contributed by atoms with Gasteiger partial charge in [-0.1, -0.05) is 36.4 Å². The third kappa shape index (κ3) is 4.71. The van der Waals surface area contributed by atoms with Gasteiger partial charge in [-0.3, -0.25) is 4.79 Å². The number of hydrogen-bond donors (Lipinski definition) is 1. The predicted molar refractivity (Wildman–Crippen MR) is 133 cm³/mol. The van der Waals surface area contributed by atoms with E-state index >= 15 is 0 Å². The summed E-state index contributed by atoms with van der Waals surface area (Å²) < 4.78 is 17.2. The molecule has 0 atom stereocenters. The number of carbonyl (C=O) groups excluding carboxylic acids is 1. The lowest BCUT2D eigenvalue weighted by Gasteiger charge is -2.34. The summed E-state index contributed by atoms with van der Waals surface area (Å²) in [5.74, 6) is 1.74. The normalized spacial score (nSPS) is 14.2. The highest BCUT2D eigenvalue weighted by molar-refractivity contribution is 5.99. The van der Waals surface area contributed by atoms with Crippen LogP contribution in [0, 0.1) is 0 Å². The van der Waals surface area contributed by atoms with E-state index in [0.29, 0.717) is 11.3 Å². The van der Waals surface area contributed by atoms with E-state index in [4.69, 9.17) is 13.9 Å². The molecule has 0 saturated carbocycles. The Morgan fingerprint density at radius 1 is 0.941 bits per heavy atom. The van der Waals surface area contributed by atoms with E-state index in [2.05, 4.69) is 22.3 Å². The molecule has 1 N–H and O–H groups in total. The van der Waals surface area contributed by atoms with Crippen molar-refractivity contribution >= 4 is 22.6 Å². The van der Waals surface area contributed by atoms with Crippen molar-refractivity contribution in [2.45, 2.75) is 25.5 Å². The zero-order valence-electron chi connectivity index (χ0n) is 19.2. The molecule has 0 spiro atoms. The van der Waals surface area contributed by atoms with E-state index in [9.17, 15) is 4.79 Å². The SMILES string of the molecule is COc1ccc(N2CCC(NC(=O)c3oc4ccccc4c3COc3ccccc3)CC2)cc1. The maximum Gasteiger partial charge on any atom is 0.287 e. The maximum atomic E-state index is 13.2. The number of benzene rings is 3. The number of rotatable bonds is 7. The van der Waals surface area contributed by atoms with Gasteiger partial charge in [0.25, 0.3) is 5.91 Å². The summed E-state index contributed by atoms with van der Waals surface area (Å²) >= 11 is 0. The number of anilines is 1. The van der Waals surface area contributed by atoms with Crippen LogP contribution in [-0.2, 0) is 6.61 Å². The topological polar surface area (TPSA) is 63.9 Å². The van der Waals surface area contributed by atoms with Gasteiger partial charge in [-0.2, -0.15) is 0 Å². The van der Waals surface area contributed by atoms with Gasteiger partial charge < -0.3 is 24.1 Å². The van der Waals surface area contributed by atoms with E-state index in [1.807, 2.05) is 66.7 Å². The zero-order chi connectivity index (χ0) is 23.3.